The zero-order valence-corrected chi connectivity index (χ0v) is 16.1. The Morgan fingerprint density at radius 2 is 1.93 bits per heavy atom. The van der Waals surface area contributed by atoms with E-state index in [2.05, 4.69) is 15.4 Å². The van der Waals surface area contributed by atoms with Crippen LogP contribution in [0, 0.1) is 0 Å². The van der Waals surface area contributed by atoms with Crippen molar-refractivity contribution in [3.63, 3.8) is 0 Å². The van der Waals surface area contributed by atoms with Crippen molar-refractivity contribution in [1.29, 1.82) is 0 Å². The van der Waals surface area contributed by atoms with Crippen LogP contribution in [0.2, 0.25) is 10.0 Å². The summed E-state index contributed by atoms with van der Waals surface area (Å²) >= 11 is 12.2. The van der Waals surface area contributed by atoms with E-state index in [-0.39, 0.29) is 38.7 Å². The number of ether oxygens (including phenoxy) is 1. The number of fused-ring (bicyclic) bond motifs is 1. The van der Waals surface area contributed by atoms with Gasteiger partial charge < -0.3 is 15.4 Å². The smallest absolute Gasteiger partial charge is 0.262 e. The second-order valence-corrected chi connectivity index (χ2v) is 8.17. The zero-order chi connectivity index (χ0) is 19.8. The minimum atomic E-state index is -3.74. The Labute approximate surface area is 164 Å². The molecule has 1 heterocycles. The molecule has 0 saturated heterocycles. The van der Waals surface area contributed by atoms with Gasteiger partial charge in [-0.3, -0.25) is 9.59 Å². The normalized spacial score (nSPS) is 13.4. The van der Waals surface area contributed by atoms with Crippen LogP contribution in [0.4, 0.5) is 11.4 Å². The molecule has 2 amide bonds. The predicted molar refractivity (Wildman–Crippen MR) is 101 cm³/mol. The first-order chi connectivity index (χ1) is 12.7. The summed E-state index contributed by atoms with van der Waals surface area (Å²) in [5, 5.41) is 5.38. The number of benzene rings is 2. The third kappa shape index (κ3) is 4.01. The van der Waals surface area contributed by atoms with Crippen LogP contribution >= 0.6 is 23.2 Å². The molecule has 0 spiro atoms. The standard InChI is InChI=1S/C16H13Cl2N3O5S/c1-19-27(24,25)8-2-3-10(17)9(4-8)16(23)21-12-6-14-13(5-11(12)18)20-15(22)7-26-14/h2-6,19H,7H2,1H3,(H,20,22)(H,21,23). The lowest BCUT2D eigenvalue weighted by molar-refractivity contribution is -0.118. The predicted octanol–water partition coefficient (Wildman–Crippen LogP) is 2.48. The van der Waals surface area contributed by atoms with Crippen molar-refractivity contribution in [3.8, 4) is 5.75 Å². The van der Waals surface area contributed by atoms with Crippen molar-refractivity contribution >= 4 is 56.4 Å². The highest BCUT2D eigenvalue weighted by molar-refractivity contribution is 7.89. The van der Waals surface area contributed by atoms with E-state index in [1.54, 1.807) is 0 Å². The Morgan fingerprint density at radius 3 is 2.63 bits per heavy atom. The van der Waals surface area contributed by atoms with E-state index in [9.17, 15) is 18.0 Å². The van der Waals surface area contributed by atoms with Gasteiger partial charge in [-0.25, -0.2) is 13.1 Å². The molecule has 0 unspecified atom stereocenters. The topological polar surface area (TPSA) is 114 Å². The summed E-state index contributed by atoms with van der Waals surface area (Å²) in [6.45, 7) is -0.155. The molecular weight excluding hydrogens is 417 g/mol. The monoisotopic (exact) mass is 429 g/mol. The average Bonchev–Trinajstić information content (AvgIpc) is 2.62. The van der Waals surface area contributed by atoms with E-state index >= 15 is 0 Å². The number of hydrogen-bond acceptors (Lipinski definition) is 5. The Kier molecular flexibility index (Phi) is 5.29. The van der Waals surface area contributed by atoms with Crippen molar-refractivity contribution in [2.75, 3.05) is 24.3 Å². The molecule has 0 saturated carbocycles. The summed E-state index contributed by atoms with van der Waals surface area (Å²) in [5.74, 6) is -0.633. The Balaban J connectivity index is 1.92. The first kappa shape index (κ1) is 19.4. The molecule has 27 heavy (non-hydrogen) atoms. The van der Waals surface area contributed by atoms with Gasteiger partial charge in [0, 0.05) is 6.07 Å². The van der Waals surface area contributed by atoms with Crippen LogP contribution in [0.3, 0.4) is 0 Å². The molecule has 8 nitrogen and oxygen atoms in total. The minimum absolute atomic E-state index is 0.0454. The van der Waals surface area contributed by atoms with Gasteiger partial charge in [0.25, 0.3) is 11.8 Å². The summed E-state index contributed by atoms with van der Waals surface area (Å²) in [6.07, 6.45) is 0. The van der Waals surface area contributed by atoms with Crippen LogP contribution in [0.15, 0.2) is 35.2 Å². The molecule has 0 aromatic heterocycles. The molecule has 2 aromatic rings. The van der Waals surface area contributed by atoms with Gasteiger partial charge >= 0.3 is 0 Å². The van der Waals surface area contributed by atoms with Crippen LogP contribution in [-0.2, 0) is 14.8 Å². The zero-order valence-electron chi connectivity index (χ0n) is 13.8. The van der Waals surface area contributed by atoms with Crippen LogP contribution < -0.4 is 20.1 Å². The summed E-state index contributed by atoms with van der Waals surface area (Å²) < 4.78 is 31.3. The maximum Gasteiger partial charge on any atom is 0.262 e. The van der Waals surface area contributed by atoms with E-state index in [0.29, 0.717) is 11.4 Å². The molecule has 11 heteroatoms. The second-order valence-electron chi connectivity index (χ2n) is 5.47. The van der Waals surface area contributed by atoms with Gasteiger partial charge in [0.15, 0.2) is 6.61 Å². The van der Waals surface area contributed by atoms with E-state index in [4.69, 9.17) is 27.9 Å². The molecule has 0 aliphatic carbocycles. The third-order valence-electron chi connectivity index (χ3n) is 3.71. The minimum Gasteiger partial charge on any atom is -0.482 e. The number of carbonyl (C=O) groups excluding carboxylic acids is 2. The van der Waals surface area contributed by atoms with E-state index < -0.39 is 15.9 Å². The fourth-order valence-corrected chi connectivity index (χ4v) is 3.52. The SMILES string of the molecule is CNS(=O)(=O)c1ccc(Cl)c(C(=O)Nc2cc3c(cc2Cl)NC(=O)CO3)c1. The molecule has 0 atom stereocenters. The molecule has 2 aromatic carbocycles. The first-order valence-electron chi connectivity index (χ1n) is 7.52. The molecule has 0 bridgehead atoms. The number of amides is 2. The molecule has 1 aliphatic rings. The lowest BCUT2D eigenvalue weighted by atomic mass is 10.2. The lowest BCUT2D eigenvalue weighted by Gasteiger charge is -2.19. The van der Waals surface area contributed by atoms with Crippen molar-refractivity contribution in [2.24, 2.45) is 0 Å². The van der Waals surface area contributed by atoms with Crippen molar-refractivity contribution in [2.45, 2.75) is 4.90 Å². The highest BCUT2D eigenvalue weighted by Gasteiger charge is 2.21. The maximum atomic E-state index is 12.6. The quantitative estimate of drug-likeness (QED) is 0.690. The molecule has 0 radical (unpaired) electrons. The van der Waals surface area contributed by atoms with Gasteiger partial charge in [0.2, 0.25) is 10.0 Å². The third-order valence-corrected chi connectivity index (χ3v) is 5.77. The molecule has 3 rings (SSSR count). The highest BCUT2D eigenvalue weighted by Crippen LogP contribution is 2.36. The number of rotatable bonds is 4. The maximum absolute atomic E-state index is 12.6. The van der Waals surface area contributed by atoms with Crippen LogP contribution in [-0.4, -0.2) is 33.9 Å². The largest absolute Gasteiger partial charge is 0.482 e. The number of sulfonamides is 1. The highest BCUT2D eigenvalue weighted by atomic mass is 35.5. The molecule has 0 fully saturated rings. The Morgan fingerprint density at radius 1 is 1.19 bits per heavy atom. The number of nitrogens with one attached hydrogen (secondary N) is 3. The molecular formula is C16H13Cl2N3O5S. The van der Waals surface area contributed by atoms with Crippen molar-refractivity contribution in [3.05, 3.63) is 45.9 Å². The Hall–Kier alpha value is -2.33. The second kappa shape index (κ2) is 7.35. The molecule has 1 aliphatic heterocycles. The lowest BCUT2D eigenvalue weighted by Crippen LogP contribution is -2.25. The van der Waals surface area contributed by atoms with Crippen LogP contribution in [0.1, 0.15) is 10.4 Å². The molecule has 142 valence electrons. The number of carbonyl (C=O) groups is 2. The van der Waals surface area contributed by atoms with Gasteiger partial charge in [-0.2, -0.15) is 0 Å². The van der Waals surface area contributed by atoms with Crippen molar-refractivity contribution < 1.29 is 22.7 Å². The van der Waals surface area contributed by atoms with Gasteiger partial charge in [0.05, 0.1) is 31.9 Å². The van der Waals surface area contributed by atoms with E-state index in [1.165, 1.54) is 31.3 Å². The summed E-state index contributed by atoms with van der Waals surface area (Å²) in [4.78, 5) is 23.8. The number of anilines is 2. The number of hydrogen-bond donors (Lipinski definition) is 3. The Bertz CT molecular complexity index is 1060. The fraction of sp³-hybridized carbons (Fsp3) is 0.125. The van der Waals surface area contributed by atoms with E-state index in [1.807, 2.05) is 0 Å². The van der Waals surface area contributed by atoms with Gasteiger partial charge in [0.1, 0.15) is 5.75 Å². The van der Waals surface area contributed by atoms with Gasteiger partial charge in [-0.15, -0.1) is 0 Å². The van der Waals surface area contributed by atoms with Gasteiger partial charge in [-0.1, -0.05) is 23.2 Å². The van der Waals surface area contributed by atoms with Crippen molar-refractivity contribution in [1.82, 2.24) is 4.72 Å². The molecule has 3 N–H and O–H groups in total. The fourth-order valence-electron chi connectivity index (χ4n) is 2.35. The first-order valence-corrected chi connectivity index (χ1v) is 9.76. The summed E-state index contributed by atoms with van der Waals surface area (Å²) in [6, 6.07) is 6.65. The van der Waals surface area contributed by atoms with Crippen LogP contribution in [0.25, 0.3) is 0 Å². The van der Waals surface area contributed by atoms with Gasteiger partial charge in [-0.05, 0) is 31.3 Å². The summed E-state index contributed by atoms with van der Waals surface area (Å²) in [5.41, 5.74) is 0.555. The van der Waals surface area contributed by atoms with E-state index in [0.717, 1.165) is 6.07 Å². The average molecular weight is 430 g/mol. The summed E-state index contributed by atoms with van der Waals surface area (Å²) in [7, 11) is -2.48. The number of halogens is 2. The van der Waals surface area contributed by atoms with Crippen LogP contribution in [0.5, 0.6) is 5.75 Å².